The van der Waals surface area contributed by atoms with E-state index in [0.717, 1.165) is 59.2 Å². The molecule has 0 aromatic rings. The van der Waals surface area contributed by atoms with Crippen molar-refractivity contribution in [3.05, 3.63) is 0 Å². The van der Waals surface area contributed by atoms with Crippen LogP contribution in [-0.2, 0) is 15.7 Å². The topological polar surface area (TPSA) is 52.6 Å². The van der Waals surface area contributed by atoms with Crippen LogP contribution in [0.2, 0.25) is 15.7 Å². The minimum atomic E-state index is -3.94. The SMILES string of the molecule is CCCCC(CC)C(=O)[O][Sn]([O]C(=O)C(CC)CCCC)([CH](C)C)[CH](C)C.C[CH](C)[Sn][CH](C)C. The van der Waals surface area contributed by atoms with Crippen LogP contribution in [0.4, 0.5) is 0 Å². The van der Waals surface area contributed by atoms with E-state index in [9.17, 15) is 9.59 Å². The van der Waals surface area contributed by atoms with Crippen molar-refractivity contribution in [2.24, 2.45) is 11.8 Å². The van der Waals surface area contributed by atoms with Crippen molar-refractivity contribution >= 4 is 52.3 Å². The molecule has 0 aliphatic carbocycles. The third-order valence-electron chi connectivity index (χ3n) is 6.26. The summed E-state index contributed by atoms with van der Waals surface area (Å²) in [6.07, 6.45) is 7.44. The molecule has 2 unspecified atom stereocenters. The number of carbonyl (C=O) groups excluding carboxylic acids is 2. The van der Waals surface area contributed by atoms with Crippen LogP contribution in [0.5, 0.6) is 0 Å². The van der Waals surface area contributed by atoms with Crippen LogP contribution in [0.25, 0.3) is 0 Å². The first-order valence-electron chi connectivity index (χ1n) is 14.0. The quantitative estimate of drug-likeness (QED) is 0.151. The van der Waals surface area contributed by atoms with Gasteiger partial charge in [0.1, 0.15) is 0 Å². The molecule has 202 valence electrons. The Kier molecular flexibility index (Phi) is 22.2. The average Bonchev–Trinajstić information content (AvgIpc) is 2.73. The van der Waals surface area contributed by atoms with E-state index in [4.69, 9.17) is 6.15 Å². The van der Waals surface area contributed by atoms with E-state index in [2.05, 4.69) is 69.2 Å². The molecule has 0 amide bonds. The van der Waals surface area contributed by atoms with Gasteiger partial charge in [-0.25, -0.2) is 0 Å². The summed E-state index contributed by atoms with van der Waals surface area (Å²) in [6.45, 7) is 25.9. The van der Waals surface area contributed by atoms with Gasteiger partial charge in [0.05, 0.1) is 0 Å². The molecule has 0 fully saturated rings. The van der Waals surface area contributed by atoms with E-state index in [1.807, 2.05) is 13.8 Å². The molecule has 0 aliphatic heterocycles. The molecule has 0 N–H and O–H groups in total. The molecule has 0 aromatic heterocycles. The molecule has 2 radical (unpaired) electrons. The molecule has 6 heteroatoms. The van der Waals surface area contributed by atoms with Crippen LogP contribution >= 0.6 is 0 Å². The summed E-state index contributed by atoms with van der Waals surface area (Å²) in [5, 5.41) is 0. The second-order valence-corrected chi connectivity index (χ2v) is 30.3. The Morgan fingerprint density at radius 3 is 1.15 bits per heavy atom. The molecule has 0 aromatic carbocycles. The van der Waals surface area contributed by atoms with Gasteiger partial charge >= 0.3 is 230 Å². The molecular weight excluding hydrogens is 638 g/mol. The zero-order valence-electron chi connectivity index (χ0n) is 24.8. The second-order valence-electron chi connectivity index (χ2n) is 10.8. The first-order chi connectivity index (χ1) is 15.8. The van der Waals surface area contributed by atoms with E-state index in [1.165, 1.54) is 0 Å². The molecule has 0 aliphatic rings. The molecule has 34 heavy (non-hydrogen) atoms. The van der Waals surface area contributed by atoms with Crippen molar-refractivity contribution in [3.8, 4) is 0 Å². The van der Waals surface area contributed by atoms with Gasteiger partial charge in [0.2, 0.25) is 0 Å². The van der Waals surface area contributed by atoms with Crippen molar-refractivity contribution in [1.29, 1.82) is 0 Å². The Bertz CT molecular complexity index is 486. The van der Waals surface area contributed by atoms with E-state index in [1.54, 1.807) is 0 Å². The molecule has 0 heterocycles. The van der Waals surface area contributed by atoms with Crippen molar-refractivity contribution in [2.45, 2.75) is 150 Å². The third-order valence-corrected chi connectivity index (χ3v) is 22.2. The van der Waals surface area contributed by atoms with Gasteiger partial charge in [-0.1, -0.05) is 0 Å². The summed E-state index contributed by atoms with van der Waals surface area (Å²) >= 11 is -3.90. The van der Waals surface area contributed by atoms with E-state index in [-0.39, 0.29) is 52.8 Å². The first kappa shape index (κ1) is 36.7. The third kappa shape index (κ3) is 14.9. The molecule has 2 atom stereocenters. The van der Waals surface area contributed by atoms with Gasteiger partial charge in [-0.05, 0) is 0 Å². The van der Waals surface area contributed by atoms with Crippen LogP contribution in [0, 0.1) is 11.8 Å². The fraction of sp³-hybridized carbons (Fsp3) is 0.929. The predicted octanol–water partition coefficient (Wildman–Crippen LogP) is 9.12. The summed E-state index contributed by atoms with van der Waals surface area (Å²) in [6, 6.07) is 0. The monoisotopic (exact) mass is 698 g/mol. The molecule has 0 saturated carbocycles. The zero-order valence-corrected chi connectivity index (χ0v) is 30.5. The van der Waals surface area contributed by atoms with Gasteiger partial charge in [-0.15, -0.1) is 0 Å². The number of unbranched alkanes of at least 4 members (excludes halogenated alkanes) is 2. The van der Waals surface area contributed by atoms with Gasteiger partial charge in [0.25, 0.3) is 0 Å². The van der Waals surface area contributed by atoms with Crippen LogP contribution in [0.3, 0.4) is 0 Å². The predicted molar refractivity (Wildman–Crippen MR) is 151 cm³/mol. The van der Waals surface area contributed by atoms with Crippen LogP contribution < -0.4 is 0 Å². The standard InChI is InChI=1S/2C8H16O2.4C3H7.2Sn/c2*1-3-5-6-7(4-2)8(9)10;4*1-3-2;;/h2*7H,3-6H2,1-2H3,(H,9,10);4*3H,1-2H3;;/q;;;;;;;+2/p-2. The van der Waals surface area contributed by atoms with Gasteiger partial charge in [0, 0.05) is 0 Å². The second kappa shape index (κ2) is 20.6. The van der Waals surface area contributed by atoms with Crippen LogP contribution in [0.1, 0.15) is 134 Å². The number of carbonyl (C=O) groups is 2. The van der Waals surface area contributed by atoms with Gasteiger partial charge in [-0.2, -0.15) is 0 Å². The maximum atomic E-state index is 12.9. The minimum absolute atomic E-state index is 0.0389. The Balaban J connectivity index is 0. The van der Waals surface area contributed by atoms with Crippen molar-refractivity contribution in [1.82, 2.24) is 0 Å². The Morgan fingerprint density at radius 1 is 0.647 bits per heavy atom. The van der Waals surface area contributed by atoms with Gasteiger partial charge in [0.15, 0.2) is 0 Å². The number of hydrogen-bond donors (Lipinski definition) is 0. The van der Waals surface area contributed by atoms with Crippen molar-refractivity contribution in [2.75, 3.05) is 0 Å². The first-order valence-corrected chi connectivity index (χ1v) is 23.0. The maximum absolute atomic E-state index is 12.9. The summed E-state index contributed by atoms with van der Waals surface area (Å²) in [7, 11) is 0. The molecule has 0 rings (SSSR count). The van der Waals surface area contributed by atoms with E-state index >= 15 is 0 Å². The molecule has 0 spiro atoms. The Morgan fingerprint density at radius 2 is 0.971 bits per heavy atom. The normalized spacial score (nSPS) is 13.6. The van der Waals surface area contributed by atoms with E-state index in [0.29, 0.717) is 0 Å². The Hall–Kier alpha value is 0.537. The van der Waals surface area contributed by atoms with Gasteiger partial charge in [-0.3, -0.25) is 0 Å². The zero-order chi connectivity index (χ0) is 26.9. The summed E-state index contributed by atoms with van der Waals surface area (Å²) in [4.78, 5) is 25.9. The fourth-order valence-corrected chi connectivity index (χ4v) is 17.4. The average molecular weight is 696 g/mol. The summed E-state index contributed by atoms with van der Waals surface area (Å²) in [5.74, 6) is -0.448. The molecule has 4 nitrogen and oxygen atoms in total. The molecule has 0 saturated heterocycles. The van der Waals surface area contributed by atoms with Gasteiger partial charge < -0.3 is 0 Å². The molecular formula is C28H58O4Sn2. The van der Waals surface area contributed by atoms with Crippen molar-refractivity contribution in [3.63, 3.8) is 0 Å². The Labute approximate surface area is 228 Å². The molecule has 0 bridgehead atoms. The number of hydrogen-bond acceptors (Lipinski definition) is 4. The summed E-state index contributed by atoms with van der Waals surface area (Å²) < 4.78 is 14.7. The van der Waals surface area contributed by atoms with Crippen LogP contribution in [0.15, 0.2) is 0 Å². The van der Waals surface area contributed by atoms with Crippen molar-refractivity contribution < 1.29 is 15.7 Å². The fourth-order valence-electron chi connectivity index (χ4n) is 4.19. The summed E-state index contributed by atoms with van der Waals surface area (Å²) in [5.41, 5.74) is 0. The van der Waals surface area contributed by atoms with Crippen LogP contribution in [-0.4, -0.2) is 52.3 Å². The van der Waals surface area contributed by atoms with E-state index < -0.39 is 19.2 Å². The number of rotatable bonds is 16.